The molecule has 47 heavy (non-hydrogen) atoms. The van der Waals surface area contributed by atoms with Crippen LogP contribution in [0.5, 0.6) is 0 Å². The lowest BCUT2D eigenvalue weighted by Crippen LogP contribution is -2.63. The first-order valence-corrected chi connectivity index (χ1v) is 19.6. The molecule has 4 aromatic carbocycles. The molecular formula is C41H51FN2O2Si. The van der Waals surface area contributed by atoms with E-state index in [1.807, 2.05) is 36.4 Å². The van der Waals surface area contributed by atoms with E-state index in [0.717, 1.165) is 37.2 Å². The summed E-state index contributed by atoms with van der Waals surface area (Å²) in [6.07, 6.45) is -0.408. The molecule has 1 aliphatic rings. The number of halogens is 1. The number of ether oxygens (including phenoxy) is 1. The number of carbonyl (C=O) groups is 1. The van der Waals surface area contributed by atoms with Crippen LogP contribution in [0.15, 0.2) is 121 Å². The van der Waals surface area contributed by atoms with Crippen LogP contribution in [-0.2, 0) is 16.1 Å². The van der Waals surface area contributed by atoms with Gasteiger partial charge < -0.3 is 9.64 Å². The third-order valence-corrected chi connectivity index (χ3v) is 14.8. The highest BCUT2D eigenvalue weighted by molar-refractivity contribution is 7.02. The molecule has 4 aromatic rings. The quantitative estimate of drug-likeness (QED) is 0.110. The zero-order chi connectivity index (χ0) is 33.3. The third-order valence-electron chi connectivity index (χ3n) is 9.72. The minimum Gasteiger partial charge on any atom is -0.458 e. The van der Waals surface area contributed by atoms with Crippen LogP contribution in [0.2, 0.25) is 12.1 Å². The summed E-state index contributed by atoms with van der Waals surface area (Å²) in [5.74, 6) is -0.777. The fraction of sp³-hybridized carbons (Fsp3) is 0.390. The number of esters is 1. The largest absolute Gasteiger partial charge is 0.458 e. The Morgan fingerprint density at radius 1 is 0.809 bits per heavy atom. The van der Waals surface area contributed by atoms with E-state index >= 15 is 4.39 Å². The van der Waals surface area contributed by atoms with Crippen LogP contribution in [0.4, 0.5) is 4.39 Å². The summed E-state index contributed by atoms with van der Waals surface area (Å²) < 4.78 is 22.2. The van der Waals surface area contributed by atoms with Crippen LogP contribution in [0.25, 0.3) is 0 Å². The first-order valence-electron chi connectivity index (χ1n) is 17.2. The molecular weight excluding hydrogens is 600 g/mol. The molecule has 1 saturated heterocycles. The van der Waals surface area contributed by atoms with Crippen molar-refractivity contribution in [3.8, 4) is 0 Å². The van der Waals surface area contributed by atoms with Gasteiger partial charge in [0, 0.05) is 12.6 Å². The van der Waals surface area contributed by atoms with Crippen LogP contribution < -0.4 is 10.4 Å². The highest BCUT2D eigenvalue weighted by Gasteiger charge is 2.41. The Balaban J connectivity index is 1.34. The predicted molar refractivity (Wildman–Crippen MR) is 195 cm³/mol. The molecule has 6 heteroatoms. The molecule has 3 atom stereocenters. The average molecular weight is 651 g/mol. The Kier molecular flexibility index (Phi) is 11.8. The highest BCUT2D eigenvalue weighted by atomic mass is 28.3. The van der Waals surface area contributed by atoms with Gasteiger partial charge in [0.2, 0.25) is 6.17 Å². The van der Waals surface area contributed by atoms with Crippen molar-refractivity contribution in [1.29, 1.82) is 0 Å². The maximum absolute atomic E-state index is 16.5. The lowest BCUT2D eigenvalue weighted by molar-refractivity contribution is -0.164. The lowest BCUT2D eigenvalue weighted by Gasteiger charge is -2.42. The van der Waals surface area contributed by atoms with Gasteiger partial charge in [0.1, 0.15) is 13.7 Å². The molecule has 0 N–H and O–H groups in total. The Bertz CT molecular complexity index is 1470. The topological polar surface area (TPSA) is 32.8 Å². The number of carbonyl (C=O) groups excluding carboxylic acids is 1. The Hall–Kier alpha value is -3.58. The molecule has 5 rings (SSSR count). The van der Waals surface area contributed by atoms with Crippen molar-refractivity contribution in [3.05, 3.63) is 132 Å². The first kappa shape index (κ1) is 34.7. The molecule has 0 amide bonds. The van der Waals surface area contributed by atoms with Gasteiger partial charge in [0.05, 0.1) is 6.04 Å². The van der Waals surface area contributed by atoms with Crippen molar-refractivity contribution >= 4 is 24.4 Å². The van der Waals surface area contributed by atoms with Gasteiger partial charge in [-0.05, 0) is 83.4 Å². The van der Waals surface area contributed by atoms with Crippen LogP contribution in [0.3, 0.4) is 0 Å². The minimum absolute atomic E-state index is 0.0968. The standard InChI is InChI=1S/C41H51FN2O2Si/c1-33(35-20-11-6-12-21-35)44(32-34-18-9-5-10-19-34)38(39(42)40(45)46-41(2,3)4)26-17-27-43-28-30-47(31-29-43,36-22-13-7-14-23-36)37-24-15-8-16-25-37/h5-16,18-25,33,38-39H,17,26-32H2,1-4H3/t33-,38-,39-/m0/s1. The number of hydrogen-bond acceptors (Lipinski definition) is 4. The Morgan fingerprint density at radius 2 is 1.30 bits per heavy atom. The van der Waals surface area contributed by atoms with E-state index in [4.69, 9.17) is 4.74 Å². The molecule has 0 aliphatic carbocycles. The SMILES string of the molecule is C[C@@H](c1ccccc1)N(Cc1ccccc1)[C@@H](CCCN1CC[Si](c2ccccc2)(c2ccccc2)CC1)[C@H](F)C(=O)OC(C)(C)C. The van der Waals surface area contributed by atoms with Crippen molar-refractivity contribution in [2.45, 2.75) is 83.0 Å². The number of alkyl halides is 1. The Morgan fingerprint density at radius 3 is 1.81 bits per heavy atom. The second-order valence-corrected chi connectivity index (χ2v) is 18.4. The summed E-state index contributed by atoms with van der Waals surface area (Å²) >= 11 is 0. The second kappa shape index (κ2) is 16.0. The summed E-state index contributed by atoms with van der Waals surface area (Å²) in [4.78, 5) is 18.0. The van der Waals surface area contributed by atoms with Gasteiger partial charge in [0.15, 0.2) is 0 Å². The van der Waals surface area contributed by atoms with E-state index in [2.05, 4.69) is 102 Å². The van der Waals surface area contributed by atoms with Gasteiger partial charge in [-0.25, -0.2) is 9.18 Å². The van der Waals surface area contributed by atoms with Crippen LogP contribution in [-0.4, -0.2) is 61.3 Å². The van der Waals surface area contributed by atoms with Crippen molar-refractivity contribution in [2.75, 3.05) is 19.6 Å². The van der Waals surface area contributed by atoms with E-state index in [-0.39, 0.29) is 6.04 Å². The molecule has 248 valence electrons. The van der Waals surface area contributed by atoms with Gasteiger partial charge in [-0.2, -0.15) is 0 Å². The van der Waals surface area contributed by atoms with Crippen LogP contribution in [0, 0.1) is 0 Å². The maximum atomic E-state index is 16.5. The van der Waals surface area contributed by atoms with Crippen LogP contribution >= 0.6 is 0 Å². The third kappa shape index (κ3) is 9.07. The van der Waals surface area contributed by atoms with Crippen molar-refractivity contribution in [1.82, 2.24) is 9.80 Å². The zero-order valence-electron chi connectivity index (χ0n) is 28.5. The second-order valence-electron chi connectivity index (χ2n) is 14.0. The first-order chi connectivity index (χ1) is 22.7. The van der Waals surface area contributed by atoms with Gasteiger partial charge >= 0.3 is 5.97 Å². The summed E-state index contributed by atoms with van der Waals surface area (Å²) in [6, 6.07) is 44.2. The van der Waals surface area contributed by atoms with Gasteiger partial charge in [-0.15, -0.1) is 0 Å². The number of nitrogens with zero attached hydrogens (tertiary/aromatic N) is 2. The van der Waals surface area contributed by atoms with Crippen LogP contribution in [0.1, 0.15) is 57.7 Å². The smallest absolute Gasteiger partial charge is 0.342 e. The maximum Gasteiger partial charge on any atom is 0.342 e. The predicted octanol–water partition coefficient (Wildman–Crippen LogP) is 7.66. The average Bonchev–Trinajstić information content (AvgIpc) is 3.10. The zero-order valence-corrected chi connectivity index (χ0v) is 29.5. The van der Waals surface area contributed by atoms with E-state index in [1.54, 1.807) is 20.8 Å². The molecule has 4 nitrogen and oxygen atoms in total. The van der Waals surface area contributed by atoms with Gasteiger partial charge in [-0.1, -0.05) is 132 Å². The van der Waals surface area contributed by atoms with Crippen molar-refractivity contribution < 1.29 is 13.9 Å². The Labute approximate surface area is 282 Å². The van der Waals surface area contributed by atoms with E-state index in [1.165, 1.54) is 22.5 Å². The highest BCUT2D eigenvalue weighted by Crippen LogP contribution is 2.31. The van der Waals surface area contributed by atoms with Gasteiger partial charge in [-0.3, -0.25) is 4.90 Å². The molecule has 0 radical (unpaired) electrons. The lowest BCUT2D eigenvalue weighted by atomic mass is 9.97. The molecule has 0 unspecified atom stereocenters. The monoisotopic (exact) mass is 650 g/mol. The summed E-state index contributed by atoms with van der Waals surface area (Å²) in [5.41, 5.74) is 1.43. The molecule has 1 aliphatic heterocycles. The van der Waals surface area contributed by atoms with Crippen molar-refractivity contribution in [3.63, 3.8) is 0 Å². The van der Waals surface area contributed by atoms with Crippen molar-refractivity contribution in [2.24, 2.45) is 0 Å². The summed E-state index contributed by atoms with van der Waals surface area (Å²) in [7, 11) is -1.88. The molecule has 0 spiro atoms. The molecule has 1 fully saturated rings. The number of hydrogen-bond donors (Lipinski definition) is 0. The minimum atomic E-state index is -1.88. The summed E-state index contributed by atoms with van der Waals surface area (Å²) in [6.45, 7) is 11.0. The van der Waals surface area contributed by atoms with E-state index in [0.29, 0.717) is 13.0 Å². The number of rotatable bonds is 13. The number of benzene rings is 4. The molecule has 1 heterocycles. The summed E-state index contributed by atoms with van der Waals surface area (Å²) in [5, 5.41) is 3.02. The normalized spacial score (nSPS) is 17.1. The van der Waals surface area contributed by atoms with E-state index < -0.39 is 31.9 Å². The molecule has 0 saturated carbocycles. The molecule has 0 bridgehead atoms. The van der Waals surface area contributed by atoms with E-state index in [9.17, 15) is 4.79 Å². The fourth-order valence-electron chi connectivity index (χ4n) is 7.19. The van der Waals surface area contributed by atoms with Gasteiger partial charge in [0.25, 0.3) is 0 Å². The molecule has 0 aromatic heterocycles. The fourth-order valence-corrected chi connectivity index (χ4v) is 12.0.